The maximum absolute atomic E-state index is 14.3. The van der Waals surface area contributed by atoms with Crippen LogP contribution in [0.2, 0.25) is 5.02 Å². The number of nitrogens with one attached hydrogen (secondary N) is 1. The number of rotatable bonds is 11. The van der Waals surface area contributed by atoms with E-state index < -0.39 is 11.9 Å². The quantitative estimate of drug-likeness (QED) is 0.364. The first-order valence-corrected chi connectivity index (χ1v) is 11.9. The van der Waals surface area contributed by atoms with Crippen LogP contribution in [-0.4, -0.2) is 29.3 Å². The van der Waals surface area contributed by atoms with Crippen LogP contribution in [-0.2, 0) is 29.0 Å². The number of halogens is 2. The van der Waals surface area contributed by atoms with Crippen LogP contribution < -0.4 is 5.32 Å². The van der Waals surface area contributed by atoms with Crippen molar-refractivity contribution in [1.82, 2.24) is 10.2 Å². The molecule has 0 unspecified atom stereocenters. The SMILES string of the molecule is CCCCNC(=O)[C@H](Cc1ccccc1)N(Cc1ccccc1Cl)C(=O)Cc1ccccc1F. The normalized spacial score (nSPS) is 11.6. The summed E-state index contributed by atoms with van der Waals surface area (Å²) in [5, 5.41) is 3.49. The molecule has 0 saturated heterocycles. The van der Waals surface area contributed by atoms with E-state index in [0.29, 0.717) is 23.6 Å². The van der Waals surface area contributed by atoms with E-state index in [-0.39, 0.29) is 24.8 Å². The van der Waals surface area contributed by atoms with E-state index in [1.807, 2.05) is 48.5 Å². The summed E-state index contributed by atoms with van der Waals surface area (Å²) in [5.41, 5.74) is 1.95. The fraction of sp³-hybridized carbons (Fsp3) is 0.286. The molecule has 4 nitrogen and oxygen atoms in total. The molecule has 178 valence electrons. The second-order valence-electron chi connectivity index (χ2n) is 8.23. The third-order valence-electron chi connectivity index (χ3n) is 5.70. The van der Waals surface area contributed by atoms with Crippen molar-refractivity contribution < 1.29 is 14.0 Å². The van der Waals surface area contributed by atoms with Gasteiger partial charge in [0.05, 0.1) is 6.42 Å². The minimum atomic E-state index is -0.769. The second-order valence-corrected chi connectivity index (χ2v) is 8.64. The maximum atomic E-state index is 14.3. The molecule has 34 heavy (non-hydrogen) atoms. The molecular formula is C28H30ClFN2O2. The fourth-order valence-electron chi connectivity index (χ4n) is 3.78. The monoisotopic (exact) mass is 480 g/mol. The van der Waals surface area contributed by atoms with Crippen molar-refractivity contribution in [3.63, 3.8) is 0 Å². The topological polar surface area (TPSA) is 49.4 Å². The van der Waals surface area contributed by atoms with Crippen LogP contribution in [0.5, 0.6) is 0 Å². The van der Waals surface area contributed by atoms with Gasteiger partial charge in [-0.05, 0) is 35.2 Å². The average Bonchev–Trinajstić information content (AvgIpc) is 2.84. The van der Waals surface area contributed by atoms with Crippen LogP contribution in [0.1, 0.15) is 36.5 Å². The van der Waals surface area contributed by atoms with Crippen molar-refractivity contribution in [3.8, 4) is 0 Å². The summed E-state index contributed by atoms with van der Waals surface area (Å²) in [5.74, 6) is -1.01. The first-order chi connectivity index (χ1) is 16.5. The van der Waals surface area contributed by atoms with Gasteiger partial charge in [-0.2, -0.15) is 0 Å². The van der Waals surface area contributed by atoms with Crippen LogP contribution in [0, 0.1) is 5.82 Å². The van der Waals surface area contributed by atoms with Crippen molar-refractivity contribution in [3.05, 3.63) is 106 Å². The van der Waals surface area contributed by atoms with E-state index >= 15 is 0 Å². The number of amides is 2. The number of benzene rings is 3. The van der Waals surface area contributed by atoms with Crippen molar-refractivity contribution in [2.24, 2.45) is 0 Å². The first kappa shape index (κ1) is 25.4. The zero-order valence-electron chi connectivity index (χ0n) is 19.3. The van der Waals surface area contributed by atoms with Gasteiger partial charge in [-0.25, -0.2) is 4.39 Å². The van der Waals surface area contributed by atoms with Crippen LogP contribution in [0.25, 0.3) is 0 Å². The van der Waals surface area contributed by atoms with Gasteiger partial charge < -0.3 is 10.2 Å². The Morgan fingerprint density at radius 3 is 2.26 bits per heavy atom. The summed E-state index contributed by atoms with van der Waals surface area (Å²) in [6.07, 6.45) is 1.98. The zero-order valence-corrected chi connectivity index (χ0v) is 20.1. The Hall–Kier alpha value is -3.18. The second kappa shape index (κ2) is 12.9. The molecule has 0 aliphatic heterocycles. The van der Waals surface area contributed by atoms with Gasteiger partial charge >= 0.3 is 0 Å². The third kappa shape index (κ3) is 7.16. The average molecular weight is 481 g/mol. The zero-order chi connectivity index (χ0) is 24.3. The van der Waals surface area contributed by atoms with Gasteiger partial charge in [0.25, 0.3) is 0 Å². The molecule has 0 aliphatic carbocycles. The molecule has 3 aromatic carbocycles. The molecule has 0 spiro atoms. The number of carbonyl (C=O) groups excluding carboxylic acids is 2. The standard InChI is InChI=1S/C28H30ClFN2O2/c1-2-3-17-31-28(34)26(18-21-11-5-4-6-12-21)32(20-23-14-7-9-15-24(23)29)27(33)19-22-13-8-10-16-25(22)30/h4-16,26H,2-3,17-20H2,1H3,(H,31,34)/t26-/m0/s1. The van der Waals surface area contributed by atoms with E-state index in [9.17, 15) is 14.0 Å². The van der Waals surface area contributed by atoms with Gasteiger partial charge in [-0.15, -0.1) is 0 Å². The van der Waals surface area contributed by atoms with Crippen LogP contribution in [0.3, 0.4) is 0 Å². The van der Waals surface area contributed by atoms with Crippen molar-refractivity contribution in [2.45, 2.75) is 45.2 Å². The van der Waals surface area contributed by atoms with Gasteiger partial charge in [0.2, 0.25) is 11.8 Å². The minimum Gasteiger partial charge on any atom is -0.354 e. The maximum Gasteiger partial charge on any atom is 0.243 e. The summed E-state index contributed by atoms with van der Waals surface area (Å²) in [4.78, 5) is 28.5. The van der Waals surface area contributed by atoms with Crippen molar-refractivity contribution >= 4 is 23.4 Å². The lowest BCUT2D eigenvalue weighted by Crippen LogP contribution is -2.51. The predicted molar refractivity (Wildman–Crippen MR) is 134 cm³/mol. The van der Waals surface area contributed by atoms with E-state index in [4.69, 9.17) is 11.6 Å². The summed E-state index contributed by atoms with van der Waals surface area (Å²) in [6.45, 7) is 2.73. The molecule has 0 saturated carbocycles. The molecule has 0 aromatic heterocycles. The number of hydrogen-bond acceptors (Lipinski definition) is 2. The highest BCUT2D eigenvalue weighted by Gasteiger charge is 2.31. The highest BCUT2D eigenvalue weighted by Crippen LogP contribution is 2.22. The molecule has 1 atom stereocenters. The smallest absolute Gasteiger partial charge is 0.243 e. The first-order valence-electron chi connectivity index (χ1n) is 11.6. The Morgan fingerprint density at radius 1 is 0.941 bits per heavy atom. The molecule has 0 heterocycles. The minimum absolute atomic E-state index is 0.145. The lowest BCUT2D eigenvalue weighted by molar-refractivity contribution is -0.140. The van der Waals surface area contributed by atoms with E-state index in [0.717, 1.165) is 24.0 Å². The Balaban J connectivity index is 1.96. The highest BCUT2D eigenvalue weighted by atomic mass is 35.5. The molecule has 0 aliphatic rings. The van der Waals surface area contributed by atoms with Crippen LogP contribution >= 0.6 is 11.6 Å². The molecule has 1 N–H and O–H groups in total. The summed E-state index contributed by atoms with van der Waals surface area (Å²) < 4.78 is 14.3. The van der Waals surface area contributed by atoms with Crippen molar-refractivity contribution in [2.75, 3.05) is 6.54 Å². The summed E-state index contributed by atoms with van der Waals surface area (Å²) in [7, 11) is 0. The van der Waals surface area contributed by atoms with Crippen LogP contribution in [0.4, 0.5) is 4.39 Å². The Bertz CT molecular complexity index is 1090. The van der Waals surface area contributed by atoms with Gasteiger partial charge in [0, 0.05) is 24.5 Å². The summed E-state index contributed by atoms with van der Waals surface area (Å²) in [6, 6.07) is 22.3. The molecule has 3 rings (SSSR count). The summed E-state index contributed by atoms with van der Waals surface area (Å²) >= 11 is 6.41. The third-order valence-corrected chi connectivity index (χ3v) is 6.07. The lowest BCUT2D eigenvalue weighted by Gasteiger charge is -2.32. The molecule has 0 bridgehead atoms. The molecule has 2 amide bonds. The Morgan fingerprint density at radius 2 is 1.59 bits per heavy atom. The van der Waals surface area contributed by atoms with Gasteiger partial charge in [0.15, 0.2) is 0 Å². The fourth-order valence-corrected chi connectivity index (χ4v) is 3.97. The van der Waals surface area contributed by atoms with Gasteiger partial charge in [0.1, 0.15) is 11.9 Å². The predicted octanol–water partition coefficient (Wildman–Crippen LogP) is 5.58. The number of unbranched alkanes of at least 4 members (excludes halogenated alkanes) is 1. The molecular weight excluding hydrogens is 451 g/mol. The highest BCUT2D eigenvalue weighted by molar-refractivity contribution is 6.31. The van der Waals surface area contributed by atoms with E-state index in [2.05, 4.69) is 12.2 Å². The Kier molecular flexibility index (Phi) is 9.65. The van der Waals surface area contributed by atoms with Crippen molar-refractivity contribution in [1.29, 1.82) is 0 Å². The van der Waals surface area contributed by atoms with Crippen LogP contribution in [0.15, 0.2) is 78.9 Å². The lowest BCUT2D eigenvalue weighted by atomic mass is 10.0. The number of carbonyl (C=O) groups is 2. The largest absolute Gasteiger partial charge is 0.354 e. The number of nitrogens with zero attached hydrogens (tertiary/aromatic N) is 1. The molecule has 0 radical (unpaired) electrons. The van der Waals surface area contributed by atoms with Gasteiger partial charge in [-0.3, -0.25) is 9.59 Å². The number of hydrogen-bond donors (Lipinski definition) is 1. The van der Waals surface area contributed by atoms with E-state index in [1.165, 1.54) is 11.0 Å². The Labute approximate surface area is 205 Å². The van der Waals surface area contributed by atoms with Gasteiger partial charge in [-0.1, -0.05) is 91.7 Å². The molecule has 6 heteroatoms. The molecule has 3 aromatic rings. The van der Waals surface area contributed by atoms with E-state index in [1.54, 1.807) is 24.3 Å². The molecule has 0 fully saturated rings.